The SMILES string of the molecule is O=c1[nH]c(/C=C\c2ccccc2)nc2[nH]ncc12. The minimum absolute atomic E-state index is 0.193. The minimum atomic E-state index is -0.193. The van der Waals surface area contributed by atoms with Crippen molar-refractivity contribution < 1.29 is 0 Å². The number of rotatable bonds is 2. The van der Waals surface area contributed by atoms with E-state index in [1.165, 1.54) is 6.20 Å². The molecule has 88 valence electrons. The summed E-state index contributed by atoms with van der Waals surface area (Å²) in [5.41, 5.74) is 1.35. The third-order valence-corrected chi connectivity index (χ3v) is 2.57. The van der Waals surface area contributed by atoms with Crippen LogP contribution in [0.4, 0.5) is 0 Å². The summed E-state index contributed by atoms with van der Waals surface area (Å²) in [6.45, 7) is 0. The van der Waals surface area contributed by atoms with Crippen LogP contribution in [0.2, 0.25) is 0 Å². The van der Waals surface area contributed by atoms with E-state index in [0.29, 0.717) is 16.9 Å². The molecule has 0 saturated carbocycles. The van der Waals surface area contributed by atoms with E-state index in [9.17, 15) is 4.79 Å². The molecule has 0 aliphatic heterocycles. The highest BCUT2D eigenvalue weighted by Crippen LogP contribution is 2.06. The van der Waals surface area contributed by atoms with Crippen LogP contribution in [-0.4, -0.2) is 20.2 Å². The number of fused-ring (bicyclic) bond motifs is 1. The van der Waals surface area contributed by atoms with Gasteiger partial charge in [0.05, 0.1) is 6.20 Å². The van der Waals surface area contributed by atoms with Crippen molar-refractivity contribution >= 4 is 23.2 Å². The van der Waals surface area contributed by atoms with Crippen molar-refractivity contribution in [3.05, 3.63) is 58.3 Å². The molecule has 0 amide bonds. The summed E-state index contributed by atoms with van der Waals surface area (Å²) in [6.07, 6.45) is 5.11. The summed E-state index contributed by atoms with van der Waals surface area (Å²) in [5.74, 6) is 0.501. The van der Waals surface area contributed by atoms with Crippen LogP contribution in [0.15, 0.2) is 41.3 Å². The van der Waals surface area contributed by atoms with Crippen molar-refractivity contribution in [2.24, 2.45) is 0 Å². The van der Waals surface area contributed by atoms with E-state index < -0.39 is 0 Å². The average Bonchev–Trinajstić information content (AvgIpc) is 2.86. The van der Waals surface area contributed by atoms with Gasteiger partial charge in [0.15, 0.2) is 5.65 Å². The third-order valence-electron chi connectivity index (χ3n) is 2.57. The molecular formula is C13H10N4O. The zero-order chi connectivity index (χ0) is 12.4. The summed E-state index contributed by atoms with van der Waals surface area (Å²) in [4.78, 5) is 18.6. The number of nitrogens with zero attached hydrogens (tertiary/aromatic N) is 2. The van der Waals surface area contributed by atoms with Crippen molar-refractivity contribution in [1.82, 2.24) is 20.2 Å². The first-order valence-corrected chi connectivity index (χ1v) is 5.49. The summed E-state index contributed by atoms with van der Waals surface area (Å²) >= 11 is 0. The molecule has 3 aromatic rings. The number of aromatic amines is 2. The van der Waals surface area contributed by atoms with Crippen LogP contribution in [-0.2, 0) is 0 Å². The maximum atomic E-state index is 11.7. The maximum absolute atomic E-state index is 11.7. The second-order valence-corrected chi connectivity index (χ2v) is 3.83. The van der Waals surface area contributed by atoms with Crippen LogP contribution in [0.3, 0.4) is 0 Å². The van der Waals surface area contributed by atoms with E-state index in [-0.39, 0.29) is 5.56 Å². The normalized spacial score (nSPS) is 11.3. The zero-order valence-corrected chi connectivity index (χ0v) is 9.42. The second-order valence-electron chi connectivity index (χ2n) is 3.83. The molecule has 5 heteroatoms. The number of H-pyrrole nitrogens is 2. The Kier molecular flexibility index (Phi) is 2.49. The fourth-order valence-electron chi connectivity index (χ4n) is 1.68. The van der Waals surface area contributed by atoms with Crippen LogP contribution in [0, 0.1) is 0 Å². The van der Waals surface area contributed by atoms with Gasteiger partial charge in [0.1, 0.15) is 11.2 Å². The lowest BCUT2D eigenvalue weighted by molar-refractivity contribution is 1.07. The van der Waals surface area contributed by atoms with Gasteiger partial charge in [-0.2, -0.15) is 5.10 Å². The number of hydrogen-bond acceptors (Lipinski definition) is 3. The van der Waals surface area contributed by atoms with Crippen LogP contribution in [0.1, 0.15) is 11.4 Å². The third kappa shape index (κ3) is 1.93. The van der Waals surface area contributed by atoms with Gasteiger partial charge in [-0.1, -0.05) is 36.4 Å². The van der Waals surface area contributed by atoms with Crippen molar-refractivity contribution in [2.75, 3.05) is 0 Å². The van der Waals surface area contributed by atoms with E-state index >= 15 is 0 Å². The van der Waals surface area contributed by atoms with Crippen molar-refractivity contribution in [3.8, 4) is 0 Å². The fourth-order valence-corrected chi connectivity index (χ4v) is 1.68. The molecule has 3 rings (SSSR count). The van der Waals surface area contributed by atoms with Gasteiger partial charge in [0.25, 0.3) is 5.56 Å². The lowest BCUT2D eigenvalue weighted by atomic mass is 10.2. The Morgan fingerprint density at radius 2 is 1.94 bits per heavy atom. The van der Waals surface area contributed by atoms with Gasteiger partial charge < -0.3 is 4.98 Å². The molecule has 0 bridgehead atoms. The molecule has 0 unspecified atom stereocenters. The lowest BCUT2D eigenvalue weighted by Gasteiger charge is -1.94. The van der Waals surface area contributed by atoms with E-state index in [2.05, 4.69) is 20.2 Å². The first kappa shape index (κ1) is 10.5. The van der Waals surface area contributed by atoms with Crippen LogP contribution >= 0.6 is 0 Å². The van der Waals surface area contributed by atoms with Crippen molar-refractivity contribution in [2.45, 2.75) is 0 Å². The fraction of sp³-hybridized carbons (Fsp3) is 0. The quantitative estimate of drug-likeness (QED) is 0.715. The molecule has 0 atom stereocenters. The lowest BCUT2D eigenvalue weighted by Crippen LogP contribution is -2.08. The predicted molar refractivity (Wildman–Crippen MR) is 69.9 cm³/mol. The van der Waals surface area contributed by atoms with E-state index in [1.807, 2.05) is 36.4 Å². The first-order chi connectivity index (χ1) is 8.83. The van der Waals surface area contributed by atoms with Gasteiger partial charge >= 0.3 is 0 Å². The molecule has 18 heavy (non-hydrogen) atoms. The smallest absolute Gasteiger partial charge is 0.262 e. The number of benzene rings is 1. The average molecular weight is 238 g/mol. The Morgan fingerprint density at radius 3 is 2.78 bits per heavy atom. The molecule has 0 aliphatic carbocycles. The molecule has 0 radical (unpaired) electrons. The van der Waals surface area contributed by atoms with Crippen LogP contribution in [0.25, 0.3) is 23.2 Å². The topological polar surface area (TPSA) is 74.4 Å². The molecule has 1 aromatic carbocycles. The van der Waals surface area contributed by atoms with E-state index in [0.717, 1.165) is 5.56 Å². The first-order valence-electron chi connectivity index (χ1n) is 5.49. The highest BCUT2D eigenvalue weighted by molar-refractivity contribution is 5.74. The molecular weight excluding hydrogens is 228 g/mol. The summed E-state index contributed by atoms with van der Waals surface area (Å²) in [6, 6.07) is 9.81. The molecule has 0 saturated heterocycles. The van der Waals surface area contributed by atoms with Crippen molar-refractivity contribution in [1.29, 1.82) is 0 Å². The second kappa shape index (κ2) is 4.29. The Hall–Kier alpha value is -2.69. The Bertz CT molecular complexity index is 755. The maximum Gasteiger partial charge on any atom is 0.262 e. The van der Waals surface area contributed by atoms with Crippen molar-refractivity contribution in [3.63, 3.8) is 0 Å². The largest absolute Gasteiger partial charge is 0.306 e. The van der Waals surface area contributed by atoms with Gasteiger partial charge in [-0.05, 0) is 11.6 Å². The molecule has 5 nitrogen and oxygen atoms in total. The van der Waals surface area contributed by atoms with Crippen LogP contribution < -0.4 is 5.56 Å². The number of nitrogens with one attached hydrogen (secondary N) is 2. The summed E-state index contributed by atoms with van der Waals surface area (Å²) in [7, 11) is 0. The number of aromatic nitrogens is 4. The van der Waals surface area contributed by atoms with Crippen LogP contribution in [0.5, 0.6) is 0 Å². The number of hydrogen-bond donors (Lipinski definition) is 2. The molecule has 0 spiro atoms. The standard InChI is InChI=1S/C13H10N4O/c18-13-10-8-14-17-12(10)15-11(16-13)7-6-9-4-2-1-3-5-9/h1-8H,(H2,14,15,16,17,18)/b7-6-. The van der Waals surface area contributed by atoms with Gasteiger partial charge in [-0.3, -0.25) is 9.89 Å². The Labute approximate surface area is 102 Å². The predicted octanol–water partition coefficient (Wildman–Crippen LogP) is 1.82. The molecule has 2 N–H and O–H groups in total. The summed E-state index contributed by atoms with van der Waals surface area (Å²) < 4.78 is 0. The van der Waals surface area contributed by atoms with Gasteiger partial charge in [0, 0.05) is 0 Å². The summed E-state index contributed by atoms with van der Waals surface area (Å²) in [5, 5.41) is 6.94. The zero-order valence-electron chi connectivity index (χ0n) is 9.42. The Morgan fingerprint density at radius 1 is 1.11 bits per heavy atom. The monoisotopic (exact) mass is 238 g/mol. The van der Waals surface area contributed by atoms with E-state index in [4.69, 9.17) is 0 Å². The van der Waals surface area contributed by atoms with Gasteiger partial charge in [-0.15, -0.1) is 0 Å². The van der Waals surface area contributed by atoms with Gasteiger partial charge in [0.2, 0.25) is 0 Å². The molecule has 2 aromatic heterocycles. The van der Waals surface area contributed by atoms with Gasteiger partial charge in [-0.25, -0.2) is 4.98 Å². The molecule has 0 fully saturated rings. The Balaban J connectivity index is 2.00. The highest BCUT2D eigenvalue weighted by Gasteiger charge is 2.02. The highest BCUT2D eigenvalue weighted by atomic mass is 16.1. The minimum Gasteiger partial charge on any atom is -0.306 e. The van der Waals surface area contributed by atoms with E-state index in [1.54, 1.807) is 6.08 Å². The molecule has 0 aliphatic rings. The molecule has 2 heterocycles.